The average molecular weight is 441 g/mol. The van der Waals surface area contributed by atoms with Gasteiger partial charge in [-0.3, -0.25) is 14.9 Å². The molecule has 0 bridgehead atoms. The first-order valence-corrected chi connectivity index (χ1v) is 11.1. The number of carbonyl (C=O) groups excluding carboxylic acids is 2. The van der Waals surface area contributed by atoms with Crippen molar-refractivity contribution in [2.45, 2.75) is 15.6 Å². The molecule has 7 nitrogen and oxygen atoms in total. The van der Waals surface area contributed by atoms with E-state index in [2.05, 4.69) is 16.0 Å². The number of benzene rings is 2. The first kappa shape index (κ1) is 21.2. The van der Waals surface area contributed by atoms with Crippen molar-refractivity contribution in [3.63, 3.8) is 0 Å². The fourth-order valence-electron chi connectivity index (χ4n) is 2.64. The lowest BCUT2D eigenvalue weighted by atomic mass is 10.3. The van der Waals surface area contributed by atoms with Gasteiger partial charge in [0.1, 0.15) is 17.1 Å². The van der Waals surface area contributed by atoms with Gasteiger partial charge in [-0.1, -0.05) is 18.2 Å². The van der Waals surface area contributed by atoms with E-state index < -0.39 is 44.0 Å². The lowest BCUT2D eigenvalue weighted by Crippen LogP contribution is -2.59. The number of rotatable bonds is 6. The van der Waals surface area contributed by atoms with Gasteiger partial charge in [-0.05, 0) is 24.3 Å². The fraction of sp³-hybridized carbons (Fsp3) is 0.222. The highest BCUT2D eigenvalue weighted by Gasteiger charge is 2.38. The van der Waals surface area contributed by atoms with Crippen molar-refractivity contribution in [1.82, 2.24) is 10.6 Å². The molecule has 1 aliphatic heterocycles. The van der Waals surface area contributed by atoms with Crippen molar-refractivity contribution in [3.05, 3.63) is 60.2 Å². The van der Waals surface area contributed by atoms with E-state index in [0.717, 1.165) is 23.9 Å². The van der Waals surface area contributed by atoms with E-state index in [1.54, 1.807) is 18.2 Å². The maximum absolute atomic E-state index is 13.6. The number of amides is 2. The van der Waals surface area contributed by atoms with Crippen LogP contribution in [0.3, 0.4) is 0 Å². The van der Waals surface area contributed by atoms with Crippen molar-refractivity contribution in [2.75, 3.05) is 17.6 Å². The van der Waals surface area contributed by atoms with Gasteiger partial charge in [0.25, 0.3) is 0 Å². The predicted octanol–water partition coefficient (Wildman–Crippen LogP) is 1.48. The highest BCUT2D eigenvalue weighted by Crippen LogP contribution is 2.20. The second-order valence-electron chi connectivity index (χ2n) is 6.13. The standard InChI is InChI=1S/C18H17F2N3O4S2/c19-11-6-7-14(13(20)8-11)22-16(24)10-28-18-21-9-15(17(25)23-18)29(26,27)12-4-2-1-3-5-12/h1-8,15,18,21H,9-10H2,(H,22,24)(H,23,25). The topological polar surface area (TPSA) is 104 Å². The third kappa shape index (κ3) is 5.11. The lowest BCUT2D eigenvalue weighted by Gasteiger charge is -2.29. The maximum Gasteiger partial charge on any atom is 0.241 e. The van der Waals surface area contributed by atoms with Gasteiger partial charge in [0, 0.05) is 12.6 Å². The molecule has 0 radical (unpaired) electrons. The molecule has 1 fully saturated rings. The molecule has 11 heteroatoms. The van der Waals surface area contributed by atoms with Crippen LogP contribution < -0.4 is 16.0 Å². The molecule has 1 saturated heterocycles. The first-order chi connectivity index (χ1) is 13.8. The molecule has 1 heterocycles. The quantitative estimate of drug-likeness (QED) is 0.627. The summed E-state index contributed by atoms with van der Waals surface area (Å²) in [5.41, 5.74) is -0.847. The van der Waals surface area contributed by atoms with Crippen LogP contribution in [0.2, 0.25) is 0 Å². The smallest absolute Gasteiger partial charge is 0.241 e. The van der Waals surface area contributed by atoms with Crippen LogP contribution in [0, 0.1) is 11.6 Å². The summed E-state index contributed by atoms with van der Waals surface area (Å²) in [4.78, 5) is 24.3. The Bertz CT molecular complexity index is 1020. The zero-order valence-electron chi connectivity index (χ0n) is 14.9. The van der Waals surface area contributed by atoms with Gasteiger partial charge in [0.15, 0.2) is 15.1 Å². The molecule has 3 rings (SSSR count). The number of carbonyl (C=O) groups is 2. The Balaban J connectivity index is 1.53. The molecule has 2 aromatic rings. The number of anilines is 1. The molecule has 0 aromatic heterocycles. The monoisotopic (exact) mass is 441 g/mol. The van der Waals surface area contributed by atoms with E-state index in [9.17, 15) is 26.8 Å². The SMILES string of the molecule is O=C(CSC1NCC(S(=O)(=O)c2ccccc2)C(=O)N1)Nc1ccc(F)cc1F. The Hall–Kier alpha value is -2.50. The largest absolute Gasteiger partial charge is 0.331 e. The van der Waals surface area contributed by atoms with Crippen LogP contribution >= 0.6 is 11.8 Å². The van der Waals surface area contributed by atoms with Crippen molar-refractivity contribution in [3.8, 4) is 0 Å². The summed E-state index contributed by atoms with van der Waals surface area (Å²) in [5.74, 6) is -3.04. The summed E-state index contributed by atoms with van der Waals surface area (Å²) in [6, 6.07) is 10.4. The van der Waals surface area contributed by atoms with Crippen LogP contribution in [0.25, 0.3) is 0 Å². The Morgan fingerprint density at radius 1 is 1.17 bits per heavy atom. The molecule has 29 heavy (non-hydrogen) atoms. The summed E-state index contributed by atoms with van der Waals surface area (Å²) in [6.07, 6.45) is 0. The van der Waals surface area contributed by atoms with Gasteiger partial charge in [-0.15, -0.1) is 11.8 Å². The summed E-state index contributed by atoms with van der Waals surface area (Å²) < 4.78 is 51.6. The number of sulfone groups is 1. The van der Waals surface area contributed by atoms with E-state index in [1.807, 2.05) is 0 Å². The molecule has 2 atom stereocenters. The molecular formula is C18H17F2N3O4S2. The van der Waals surface area contributed by atoms with Crippen molar-refractivity contribution < 1.29 is 26.8 Å². The number of hydrogen-bond donors (Lipinski definition) is 3. The van der Waals surface area contributed by atoms with Crippen LogP contribution in [0.15, 0.2) is 53.4 Å². The molecule has 2 aromatic carbocycles. The molecule has 0 spiro atoms. The summed E-state index contributed by atoms with van der Waals surface area (Å²) in [7, 11) is -3.85. The average Bonchev–Trinajstić information content (AvgIpc) is 2.69. The molecule has 154 valence electrons. The summed E-state index contributed by atoms with van der Waals surface area (Å²) >= 11 is 1.000. The Morgan fingerprint density at radius 3 is 2.55 bits per heavy atom. The number of hydrogen-bond acceptors (Lipinski definition) is 6. The molecule has 3 N–H and O–H groups in total. The minimum Gasteiger partial charge on any atom is -0.331 e. The minimum absolute atomic E-state index is 0.0498. The summed E-state index contributed by atoms with van der Waals surface area (Å²) in [5, 5.41) is 6.39. The van der Waals surface area contributed by atoms with Crippen LogP contribution in [0.5, 0.6) is 0 Å². The second-order valence-corrected chi connectivity index (χ2v) is 9.35. The van der Waals surface area contributed by atoms with Gasteiger partial charge >= 0.3 is 0 Å². The number of nitrogens with one attached hydrogen (secondary N) is 3. The highest BCUT2D eigenvalue weighted by atomic mass is 32.2. The van der Waals surface area contributed by atoms with Crippen LogP contribution in [-0.2, 0) is 19.4 Å². The minimum atomic E-state index is -3.85. The Morgan fingerprint density at radius 2 is 1.90 bits per heavy atom. The molecular weight excluding hydrogens is 424 g/mol. The van der Waals surface area contributed by atoms with Gasteiger partial charge < -0.3 is 10.6 Å². The van der Waals surface area contributed by atoms with E-state index in [4.69, 9.17) is 0 Å². The van der Waals surface area contributed by atoms with Crippen LogP contribution in [-0.4, -0.2) is 43.3 Å². The molecule has 0 saturated carbocycles. The highest BCUT2D eigenvalue weighted by molar-refractivity contribution is 8.00. The van der Waals surface area contributed by atoms with Gasteiger partial charge in [0.05, 0.1) is 16.3 Å². The third-order valence-corrected chi connectivity index (χ3v) is 7.19. The zero-order valence-corrected chi connectivity index (χ0v) is 16.5. The third-order valence-electron chi connectivity index (χ3n) is 4.09. The molecule has 1 aliphatic rings. The fourth-order valence-corrected chi connectivity index (χ4v) is 4.98. The maximum atomic E-state index is 13.6. The Kier molecular flexibility index (Phi) is 6.50. The van der Waals surface area contributed by atoms with Crippen molar-refractivity contribution >= 4 is 39.1 Å². The predicted molar refractivity (Wildman–Crippen MR) is 105 cm³/mol. The van der Waals surface area contributed by atoms with E-state index in [1.165, 1.54) is 12.1 Å². The van der Waals surface area contributed by atoms with E-state index in [-0.39, 0.29) is 22.9 Å². The van der Waals surface area contributed by atoms with Gasteiger partial charge in [0.2, 0.25) is 11.8 Å². The first-order valence-electron chi connectivity index (χ1n) is 8.46. The van der Waals surface area contributed by atoms with Crippen molar-refractivity contribution in [1.29, 1.82) is 0 Å². The van der Waals surface area contributed by atoms with Gasteiger partial charge in [-0.25, -0.2) is 17.2 Å². The summed E-state index contributed by atoms with van der Waals surface area (Å²) in [6.45, 7) is -0.116. The molecule has 0 aliphatic carbocycles. The number of halogens is 2. The zero-order chi connectivity index (χ0) is 21.0. The van der Waals surface area contributed by atoms with Crippen molar-refractivity contribution in [2.24, 2.45) is 0 Å². The normalized spacial score (nSPS) is 19.4. The van der Waals surface area contributed by atoms with E-state index in [0.29, 0.717) is 6.07 Å². The number of thioether (sulfide) groups is 1. The van der Waals surface area contributed by atoms with E-state index >= 15 is 0 Å². The van der Waals surface area contributed by atoms with Crippen LogP contribution in [0.1, 0.15) is 0 Å². The molecule has 2 unspecified atom stereocenters. The lowest BCUT2D eigenvalue weighted by molar-refractivity contribution is -0.122. The molecule has 2 amide bonds. The Labute approximate surface area is 170 Å². The second kappa shape index (κ2) is 8.89. The van der Waals surface area contributed by atoms with Crippen LogP contribution in [0.4, 0.5) is 14.5 Å². The van der Waals surface area contributed by atoms with Gasteiger partial charge in [-0.2, -0.15) is 0 Å².